The van der Waals surface area contributed by atoms with Crippen molar-refractivity contribution in [1.29, 1.82) is 0 Å². The summed E-state index contributed by atoms with van der Waals surface area (Å²) in [6.45, 7) is 5.65. The van der Waals surface area contributed by atoms with E-state index in [2.05, 4.69) is 10.6 Å². The third-order valence-electron chi connectivity index (χ3n) is 5.00. The Labute approximate surface area is 184 Å². The molecule has 2 atom stereocenters. The van der Waals surface area contributed by atoms with E-state index < -0.39 is 25.0 Å². The monoisotopic (exact) mass is 426 g/mol. The van der Waals surface area contributed by atoms with Gasteiger partial charge in [0.15, 0.2) is 0 Å². The molecule has 4 N–H and O–H groups in total. The number of aryl methyl sites for hydroxylation is 1. The second kappa shape index (κ2) is 11.5. The predicted molar refractivity (Wildman–Crippen MR) is 121 cm³/mol. The van der Waals surface area contributed by atoms with Crippen molar-refractivity contribution < 1.29 is 24.4 Å². The molecule has 0 saturated heterocycles. The summed E-state index contributed by atoms with van der Waals surface area (Å²) in [5.74, 6) is -0.897. The maximum atomic E-state index is 13.0. The van der Waals surface area contributed by atoms with Crippen molar-refractivity contribution in [2.24, 2.45) is 5.92 Å². The smallest absolute Gasteiger partial charge is 0.475 e. The van der Waals surface area contributed by atoms with Gasteiger partial charge in [-0.2, -0.15) is 0 Å². The Bertz CT molecular complexity index is 874. The quantitative estimate of drug-likeness (QED) is 0.434. The van der Waals surface area contributed by atoms with Gasteiger partial charge in [0.25, 0.3) is 5.91 Å². The Kier molecular flexibility index (Phi) is 9.09. The molecule has 2 rings (SSSR count). The summed E-state index contributed by atoms with van der Waals surface area (Å²) in [6, 6.07) is 13.5. The van der Waals surface area contributed by atoms with Crippen LogP contribution >= 0.6 is 0 Å². The minimum Gasteiger partial charge on any atom is -0.497 e. The zero-order chi connectivity index (χ0) is 23.0. The number of nitrogens with one attached hydrogen (secondary N) is 2. The molecular formula is C23H31BN2O5. The molecule has 0 aromatic heterocycles. The summed E-state index contributed by atoms with van der Waals surface area (Å²) in [7, 11) is -0.138. The number of hydrogen-bond donors (Lipinski definition) is 4. The first kappa shape index (κ1) is 24.4. The van der Waals surface area contributed by atoms with Gasteiger partial charge in [-0.25, -0.2) is 0 Å². The van der Waals surface area contributed by atoms with Gasteiger partial charge in [0.1, 0.15) is 11.8 Å². The predicted octanol–water partition coefficient (Wildman–Crippen LogP) is 1.89. The van der Waals surface area contributed by atoms with E-state index in [1.807, 2.05) is 44.2 Å². The van der Waals surface area contributed by atoms with E-state index >= 15 is 0 Å². The van der Waals surface area contributed by atoms with Crippen LogP contribution in [0.3, 0.4) is 0 Å². The van der Waals surface area contributed by atoms with Gasteiger partial charge in [-0.15, -0.1) is 0 Å². The molecule has 0 bridgehead atoms. The lowest BCUT2D eigenvalue weighted by atomic mass is 9.75. The third-order valence-corrected chi connectivity index (χ3v) is 5.00. The first-order valence-electron chi connectivity index (χ1n) is 10.4. The Morgan fingerprint density at radius 2 is 1.74 bits per heavy atom. The van der Waals surface area contributed by atoms with Crippen LogP contribution in [0.4, 0.5) is 0 Å². The fourth-order valence-corrected chi connectivity index (χ4v) is 3.36. The zero-order valence-corrected chi connectivity index (χ0v) is 18.5. The van der Waals surface area contributed by atoms with Crippen LogP contribution in [-0.2, 0) is 11.2 Å². The van der Waals surface area contributed by atoms with E-state index in [9.17, 15) is 19.6 Å². The summed E-state index contributed by atoms with van der Waals surface area (Å²) in [5.41, 5.74) is 2.03. The maximum absolute atomic E-state index is 13.0. The second-order valence-corrected chi connectivity index (χ2v) is 8.05. The maximum Gasteiger partial charge on any atom is 0.475 e. The summed E-state index contributed by atoms with van der Waals surface area (Å²) in [5, 5.41) is 24.8. The molecule has 0 aliphatic heterocycles. The highest BCUT2D eigenvalue weighted by atomic mass is 16.5. The lowest BCUT2D eigenvalue weighted by Crippen LogP contribution is -2.55. The van der Waals surface area contributed by atoms with Crippen molar-refractivity contribution in [1.82, 2.24) is 10.6 Å². The van der Waals surface area contributed by atoms with Crippen LogP contribution in [0.5, 0.6) is 5.75 Å². The van der Waals surface area contributed by atoms with Crippen LogP contribution in [0.1, 0.15) is 41.8 Å². The number of carbonyl (C=O) groups excluding carboxylic acids is 2. The fourth-order valence-electron chi connectivity index (χ4n) is 3.36. The number of methoxy groups -OCH3 is 1. The standard InChI is InChI=1S/C23H31BN2O5/c1-15(2)12-21(24(29)30)26-23(28)20(14-17-8-6-5-7-9-17)25-22(27)19-11-10-18(31-4)13-16(19)3/h5-11,13,15,20-21,29-30H,12,14H2,1-4H3,(H,25,27)(H,26,28). The highest BCUT2D eigenvalue weighted by molar-refractivity contribution is 6.43. The summed E-state index contributed by atoms with van der Waals surface area (Å²) in [6.07, 6.45) is 0.663. The molecule has 31 heavy (non-hydrogen) atoms. The van der Waals surface area contributed by atoms with Gasteiger partial charge < -0.3 is 25.4 Å². The molecule has 2 unspecified atom stereocenters. The molecule has 0 spiro atoms. The second-order valence-electron chi connectivity index (χ2n) is 8.05. The van der Waals surface area contributed by atoms with Crippen molar-refractivity contribution in [3.05, 3.63) is 65.2 Å². The molecular weight excluding hydrogens is 395 g/mol. The van der Waals surface area contributed by atoms with Crippen molar-refractivity contribution in [2.75, 3.05) is 7.11 Å². The number of carbonyl (C=O) groups is 2. The highest BCUT2D eigenvalue weighted by Crippen LogP contribution is 2.17. The minimum absolute atomic E-state index is 0.149. The van der Waals surface area contributed by atoms with Crippen LogP contribution in [0.2, 0.25) is 0 Å². The lowest BCUT2D eigenvalue weighted by molar-refractivity contribution is -0.123. The van der Waals surface area contributed by atoms with Gasteiger partial charge in [-0.3, -0.25) is 9.59 Å². The molecule has 0 saturated carbocycles. The van der Waals surface area contributed by atoms with Crippen LogP contribution < -0.4 is 15.4 Å². The largest absolute Gasteiger partial charge is 0.497 e. The van der Waals surface area contributed by atoms with Gasteiger partial charge in [-0.1, -0.05) is 44.2 Å². The Hall–Kier alpha value is -2.84. The van der Waals surface area contributed by atoms with Crippen LogP contribution in [0.25, 0.3) is 0 Å². The number of amides is 2. The van der Waals surface area contributed by atoms with E-state index in [4.69, 9.17) is 4.74 Å². The summed E-state index contributed by atoms with van der Waals surface area (Å²) >= 11 is 0. The average Bonchev–Trinajstić information content (AvgIpc) is 2.72. The van der Waals surface area contributed by atoms with E-state index in [1.54, 1.807) is 32.2 Å². The SMILES string of the molecule is COc1ccc(C(=O)NC(Cc2ccccc2)C(=O)NC(CC(C)C)B(O)O)c(C)c1. The van der Waals surface area contributed by atoms with E-state index in [0.29, 0.717) is 17.7 Å². The van der Waals surface area contributed by atoms with Gasteiger partial charge in [0.2, 0.25) is 5.91 Å². The molecule has 2 aromatic carbocycles. The molecule has 0 heterocycles. The molecule has 2 aromatic rings. The van der Waals surface area contributed by atoms with Crippen molar-refractivity contribution in [3.8, 4) is 5.75 Å². The number of benzene rings is 2. The number of rotatable bonds is 10. The third kappa shape index (κ3) is 7.42. The number of ether oxygens (including phenoxy) is 1. The molecule has 0 radical (unpaired) electrons. The van der Waals surface area contributed by atoms with Gasteiger partial charge >= 0.3 is 7.12 Å². The fraction of sp³-hybridized carbons (Fsp3) is 0.391. The molecule has 2 amide bonds. The van der Waals surface area contributed by atoms with E-state index in [0.717, 1.165) is 11.1 Å². The highest BCUT2D eigenvalue weighted by Gasteiger charge is 2.30. The van der Waals surface area contributed by atoms with Gasteiger partial charge in [-0.05, 0) is 48.6 Å². The van der Waals surface area contributed by atoms with Crippen LogP contribution in [0, 0.1) is 12.8 Å². The minimum atomic E-state index is -1.69. The van der Waals surface area contributed by atoms with Crippen molar-refractivity contribution in [2.45, 2.75) is 45.6 Å². The van der Waals surface area contributed by atoms with Gasteiger partial charge in [0, 0.05) is 12.0 Å². The molecule has 8 heteroatoms. The molecule has 0 aliphatic carbocycles. The molecule has 0 aliphatic rings. The first-order chi connectivity index (χ1) is 14.7. The Balaban J connectivity index is 2.23. The Morgan fingerprint density at radius 3 is 2.29 bits per heavy atom. The van der Waals surface area contributed by atoms with E-state index in [1.165, 1.54) is 0 Å². The van der Waals surface area contributed by atoms with Crippen LogP contribution in [-0.4, -0.2) is 48.1 Å². The lowest BCUT2D eigenvalue weighted by Gasteiger charge is -2.24. The summed E-state index contributed by atoms with van der Waals surface area (Å²) in [4.78, 5) is 26.0. The molecule has 166 valence electrons. The molecule has 0 fully saturated rings. The van der Waals surface area contributed by atoms with Crippen molar-refractivity contribution >= 4 is 18.9 Å². The summed E-state index contributed by atoms with van der Waals surface area (Å²) < 4.78 is 5.18. The average molecular weight is 426 g/mol. The van der Waals surface area contributed by atoms with E-state index in [-0.39, 0.29) is 18.2 Å². The molecule has 7 nitrogen and oxygen atoms in total. The Morgan fingerprint density at radius 1 is 1.06 bits per heavy atom. The van der Waals surface area contributed by atoms with Crippen LogP contribution in [0.15, 0.2) is 48.5 Å². The first-order valence-corrected chi connectivity index (χ1v) is 10.4. The van der Waals surface area contributed by atoms with Gasteiger partial charge in [0.05, 0.1) is 13.1 Å². The normalized spacial score (nSPS) is 12.7. The zero-order valence-electron chi connectivity index (χ0n) is 18.5. The van der Waals surface area contributed by atoms with Crippen molar-refractivity contribution in [3.63, 3.8) is 0 Å². The number of hydrogen-bond acceptors (Lipinski definition) is 5. The topological polar surface area (TPSA) is 108 Å².